The molecule has 0 radical (unpaired) electrons. The van der Waals surface area contributed by atoms with E-state index in [1.165, 1.54) is 14.7 Å². The molecule has 0 bridgehead atoms. The summed E-state index contributed by atoms with van der Waals surface area (Å²) in [5.74, 6) is 1.04. The normalized spacial score (nSPS) is 18.7. The summed E-state index contributed by atoms with van der Waals surface area (Å²) in [6.45, 7) is 0.576. The van der Waals surface area contributed by atoms with Crippen molar-refractivity contribution < 1.29 is 22.7 Å². The van der Waals surface area contributed by atoms with Gasteiger partial charge in [0.2, 0.25) is 12.7 Å². The molecule has 8 nitrogen and oxygen atoms in total. The van der Waals surface area contributed by atoms with Crippen molar-refractivity contribution in [1.29, 1.82) is 0 Å². The maximum atomic E-state index is 13.0. The lowest BCUT2D eigenvalue weighted by atomic mass is 10.2. The zero-order chi connectivity index (χ0) is 20.7. The fraction of sp³-hybridized carbons (Fsp3) is 0.286. The maximum Gasteiger partial charge on any atom is 0.326 e. The number of nitrogens with zero attached hydrogens (tertiary/aromatic N) is 2. The third-order valence-corrected chi connectivity index (χ3v) is 7.16. The first-order chi connectivity index (χ1) is 14.5. The molecule has 1 saturated carbocycles. The first-order valence-corrected chi connectivity index (χ1v) is 11.2. The zero-order valence-corrected chi connectivity index (χ0v) is 17.0. The average molecular weight is 427 g/mol. The molecule has 2 aromatic carbocycles. The molecule has 1 amide bonds. The summed E-state index contributed by atoms with van der Waals surface area (Å²) in [5.41, 5.74) is 2.19. The fourth-order valence-electron chi connectivity index (χ4n) is 3.67. The Hall–Kier alpha value is -3.20. The van der Waals surface area contributed by atoms with E-state index >= 15 is 0 Å². The molecule has 5 rings (SSSR count). The van der Waals surface area contributed by atoms with Crippen LogP contribution in [0.4, 0.5) is 11.4 Å². The van der Waals surface area contributed by atoms with Crippen molar-refractivity contribution in [1.82, 2.24) is 5.32 Å². The SMILES string of the molecule is O=C(C=Cc1ccc2c(c1)OCO2)NCCN1c2ccccc2N(C2CC2)S1(=O)=O. The molecule has 0 aromatic heterocycles. The molecule has 156 valence electrons. The minimum Gasteiger partial charge on any atom is -0.454 e. The molecule has 2 heterocycles. The van der Waals surface area contributed by atoms with Crippen LogP contribution in [0.15, 0.2) is 48.5 Å². The van der Waals surface area contributed by atoms with Crippen molar-refractivity contribution in [3.63, 3.8) is 0 Å². The predicted octanol–water partition coefficient (Wildman–Crippen LogP) is 2.28. The lowest BCUT2D eigenvalue weighted by Gasteiger charge is -2.21. The second-order valence-electron chi connectivity index (χ2n) is 7.33. The van der Waals surface area contributed by atoms with Gasteiger partial charge in [-0.1, -0.05) is 18.2 Å². The van der Waals surface area contributed by atoms with E-state index in [1.807, 2.05) is 24.3 Å². The van der Waals surface area contributed by atoms with Gasteiger partial charge in [-0.15, -0.1) is 0 Å². The lowest BCUT2D eigenvalue weighted by Crippen LogP contribution is -2.42. The Bertz CT molecular complexity index is 1130. The van der Waals surface area contributed by atoms with Crippen LogP contribution >= 0.6 is 0 Å². The molecule has 0 unspecified atom stereocenters. The highest BCUT2D eigenvalue weighted by atomic mass is 32.2. The smallest absolute Gasteiger partial charge is 0.326 e. The van der Waals surface area contributed by atoms with Crippen molar-refractivity contribution in [3.05, 3.63) is 54.1 Å². The highest BCUT2D eigenvalue weighted by Gasteiger charge is 2.47. The van der Waals surface area contributed by atoms with Crippen LogP contribution in [-0.2, 0) is 15.0 Å². The molecule has 2 aliphatic heterocycles. The molecule has 2 aromatic rings. The van der Waals surface area contributed by atoms with Crippen LogP contribution in [-0.4, -0.2) is 40.2 Å². The summed E-state index contributed by atoms with van der Waals surface area (Å²) in [4.78, 5) is 12.2. The standard InChI is InChI=1S/C21H21N3O5S/c25-21(10-6-15-5-9-19-20(13-15)29-14-28-19)22-11-12-23-17-3-1-2-4-18(17)24(16-7-8-16)30(23,26)27/h1-6,9-10,13,16H,7-8,11-12,14H2,(H,22,25). The Morgan fingerprint density at radius 2 is 1.87 bits per heavy atom. The predicted molar refractivity (Wildman–Crippen MR) is 113 cm³/mol. The third kappa shape index (κ3) is 3.35. The number of carbonyl (C=O) groups excluding carboxylic acids is 1. The number of benzene rings is 2. The van der Waals surface area contributed by atoms with Gasteiger partial charge in [0.1, 0.15) is 0 Å². The molecular weight excluding hydrogens is 406 g/mol. The van der Waals surface area contributed by atoms with Gasteiger partial charge in [0.15, 0.2) is 11.5 Å². The monoisotopic (exact) mass is 427 g/mol. The van der Waals surface area contributed by atoms with E-state index < -0.39 is 10.2 Å². The third-order valence-electron chi connectivity index (χ3n) is 5.23. The van der Waals surface area contributed by atoms with E-state index in [0.29, 0.717) is 22.9 Å². The summed E-state index contributed by atoms with van der Waals surface area (Å²) < 4.78 is 39.5. The van der Waals surface area contributed by atoms with Gasteiger partial charge in [0.05, 0.1) is 17.9 Å². The second-order valence-corrected chi connectivity index (χ2v) is 9.06. The molecule has 9 heteroatoms. The summed E-state index contributed by atoms with van der Waals surface area (Å²) >= 11 is 0. The molecule has 30 heavy (non-hydrogen) atoms. The number of nitrogens with one attached hydrogen (secondary N) is 1. The minimum absolute atomic E-state index is 0.0420. The highest BCUT2D eigenvalue weighted by Crippen LogP contribution is 2.46. The largest absolute Gasteiger partial charge is 0.454 e. The van der Waals surface area contributed by atoms with Crippen molar-refractivity contribution in [2.75, 3.05) is 28.5 Å². The molecule has 1 N–H and O–H groups in total. The number of para-hydroxylation sites is 2. The first-order valence-electron chi connectivity index (χ1n) is 9.81. The van der Waals surface area contributed by atoms with E-state index in [-0.39, 0.29) is 31.8 Å². The van der Waals surface area contributed by atoms with E-state index in [1.54, 1.807) is 24.3 Å². The van der Waals surface area contributed by atoms with Crippen molar-refractivity contribution in [3.8, 4) is 11.5 Å². The molecule has 1 fully saturated rings. The summed E-state index contributed by atoms with van der Waals surface area (Å²) in [6.07, 6.45) is 4.85. The number of hydrogen-bond acceptors (Lipinski definition) is 5. The van der Waals surface area contributed by atoms with Gasteiger partial charge >= 0.3 is 10.2 Å². The summed E-state index contributed by atoms with van der Waals surface area (Å²) in [7, 11) is -3.61. The molecule has 0 spiro atoms. The molecule has 0 atom stereocenters. The number of ether oxygens (including phenoxy) is 2. The number of amides is 1. The van der Waals surface area contributed by atoms with Crippen LogP contribution < -0.4 is 23.4 Å². The lowest BCUT2D eigenvalue weighted by molar-refractivity contribution is -0.116. The van der Waals surface area contributed by atoms with Gasteiger partial charge in [-0.3, -0.25) is 4.79 Å². The van der Waals surface area contributed by atoms with Gasteiger partial charge < -0.3 is 14.8 Å². The molecule has 3 aliphatic rings. The Balaban J connectivity index is 1.22. The summed E-state index contributed by atoms with van der Waals surface area (Å²) in [6, 6.07) is 12.8. The minimum atomic E-state index is -3.61. The van der Waals surface area contributed by atoms with Crippen molar-refractivity contribution in [2.24, 2.45) is 0 Å². The van der Waals surface area contributed by atoms with Gasteiger partial charge in [-0.05, 0) is 48.7 Å². The first kappa shape index (κ1) is 18.8. The number of rotatable bonds is 6. The van der Waals surface area contributed by atoms with Gasteiger partial charge in [0, 0.05) is 18.7 Å². The van der Waals surface area contributed by atoms with E-state index in [0.717, 1.165) is 18.4 Å². The Morgan fingerprint density at radius 3 is 2.67 bits per heavy atom. The zero-order valence-electron chi connectivity index (χ0n) is 16.2. The number of hydrogen-bond donors (Lipinski definition) is 1. The Labute approximate surface area is 174 Å². The van der Waals surface area contributed by atoms with Crippen LogP contribution in [0.5, 0.6) is 11.5 Å². The molecular formula is C21H21N3O5S. The maximum absolute atomic E-state index is 13.0. The Kier molecular flexibility index (Phi) is 4.54. The van der Waals surface area contributed by atoms with Gasteiger partial charge in [0.25, 0.3) is 0 Å². The number of carbonyl (C=O) groups is 1. The van der Waals surface area contributed by atoms with Crippen molar-refractivity contribution >= 4 is 33.6 Å². The molecule has 0 saturated heterocycles. The van der Waals surface area contributed by atoms with Crippen LogP contribution in [0.1, 0.15) is 18.4 Å². The van der Waals surface area contributed by atoms with E-state index in [2.05, 4.69) is 5.32 Å². The fourth-order valence-corrected chi connectivity index (χ4v) is 5.60. The average Bonchev–Trinajstić information content (AvgIpc) is 3.39. The van der Waals surface area contributed by atoms with Gasteiger partial charge in [-0.25, -0.2) is 8.61 Å². The van der Waals surface area contributed by atoms with Crippen LogP contribution in [0, 0.1) is 0 Å². The van der Waals surface area contributed by atoms with Gasteiger partial charge in [-0.2, -0.15) is 8.42 Å². The second kappa shape index (κ2) is 7.24. The van der Waals surface area contributed by atoms with Crippen LogP contribution in [0.3, 0.4) is 0 Å². The van der Waals surface area contributed by atoms with Crippen molar-refractivity contribution in [2.45, 2.75) is 18.9 Å². The molecule has 1 aliphatic carbocycles. The quantitative estimate of drug-likeness (QED) is 0.715. The topological polar surface area (TPSA) is 88.2 Å². The van der Waals surface area contributed by atoms with E-state index in [9.17, 15) is 13.2 Å². The van der Waals surface area contributed by atoms with Crippen LogP contribution in [0.2, 0.25) is 0 Å². The highest BCUT2D eigenvalue weighted by molar-refractivity contribution is 7.94. The summed E-state index contributed by atoms with van der Waals surface area (Å²) in [5, 5.41) is 2.75. The van der Waals surface area contributed by atoms with Crippen LogP contribution in [0.25, 0.3) is 6.08 Å². The van der Waals surface area contributed by atoms with E-state index in [4.69, 9.17) is 9.47 Å². The number of fused-ring (bicyclic) bond motifs is 2. The Morgan fingerprint density at radius 1 is 1.10 bits per heavy atom. The number of anilines is 2.